The average Bonchev–Trinajstić information content (AvgIpc) is 2.46. The maximum atomic E-state index is 11.2. The van der Waals surface area contributed by atoms with Crippen LogP contribution in [-0.2, 0) is 4.79 Å². The smallest absolute Gasteiger partial charge is 0.220 e. The molecule has 0 saturated carbocycles. The van der Waals surface area contributed by atoms with Crippen molar-refractivity contribution in [1.29, 1.82) is 0 Å². The number of carbonyl (C=O) groups excluding carboxylic acids is 1. The molecule has 0 radical (unpaired) electrons. The summed E-state index contributed by atoms with van der Waals surface area (Å²) in [5.41, 5.74) is 7.33. The minimum Gasteiger partial charge on any atom is -0.369 e. The van der Waals surface area contributed by atoms with Crippen molar-refractivity contribution in [3.63, 3.8) is 0 Å². The lowest BCUT2D eigenvalue weighted by Gasteiger charge is -2.36. The highest BCUT2D eigenvalue weighted by Gasteiger charge is 2.27. The first-order valence-corrected chi connectivity index (χ1v) is 7.10. The number of likely N-dealkylation sites (tertiary alicyclic amines) is 1. The zero-order valence-electron chi connectivity index (χ0n) is 11.0. The summed E-state index contributed by atoms with van der Waals surface area (Å²) < 4.78 is 0. The van der Waals surface area contributed by atoms with Crippen LogP contribution >= 0.6 is 11.6 Å². The molecule has 20 heavy (non-hydrogen) atoms. The van der Waals surface area contributed by atoms with Crippen LogP contribution in [0.15, 0.2) is 35.2 Å². The number of primary amides is 1. The SMILES string of the molecule is NC(=O)C1CCN(C2=C(Cl)Nc3ccccc3N2)CC1. The fraction of sp³-hybridized carbons (Fsp3) is 0.357. The highest BCUT2D eigenvalue weighted by molar-refractivity contribution is 6.31. The fourth-order valence-corrected chi connectivity index (χ4v) is 2.94. The average molecular weight is 293 g/mol. The van der Waals surface area contributed by atoms with Crippen LogP contribution in [0, 0.1) is 5.92 Å². The quantitative estimate of drug-likeness (QED) is 0.730. The molecule has 1 saturated heterocycles. The summed E-state index contributed by atoms with van der Waals surface area (Å²) >= 11 is 6.32. The number of fused-ring (bicyclic) bond motifs is 1. The molecular weight excluding hydrogens is 276 g/mol. The Labute approximate surface area is 122 Å². The van der Waals surface area contributed by atoms with Crippen molar-refractivity contribution in [3.05, 3.63) is 35.2 Å². The third-order valence-corrected chi connectivity index (χ3v) is 4.12. The number of amides is 1. The Hall–Kier alpha value is -1.88. The molecule has 6 heteroatoms. The van der Waals surface area contributed by atoms with E-state index in [1.165, 1.54) is 0 Å². The van der Waals surface area contributed by atoms with E-state index in [9.17, 15) is 4.79 Å². The number of rotatable bonds is 2. The third kappa shape index (κ3) is 2.41. The zero-order valence-corrected chi connectivity index (χ0v) is 11.8. The molecule has 0 aliphatic carbocycles. The first-order chi connectivity index (χ1) is 9.65. The summed E-state index contributed by atoms with van der Waals surface area (Å²) in [7, 11) is 0. The molecule has 0 spiro atoms. The van der Waals surface area contributed by atoms with Crippen molar-refractivity contribution in [2.24, 2.45) is 11.7 Å². The molecular formula is C14H17ClN4O. The molecule has 0 atom stereocenters. The van der Waals surface area contributed by atoms with Gasteiger partial charge in [0.05, 0.1) is 11.4 Å². The molecule has 3 rings (SSSR count). The van der Waals surface area contributed by atoms with Crippen LogP contribution < -0.4 is 16.4 Å². The largest absolute Gasteiger partial charge is 0.369 e. The minimum absolute atomic E-state index is 0.0190. The van der Waals surface area contributed by atoms with Crippen LogP contribution in [0.5, 0.6) is 0 Å². The summed E-state index contributed by atoms with van der Waals surface area (Å²) in [6.07, 6.45) is 1.54. The van der Waals surface area contributed by atoms with Crippen LogP contribution in [-0.4, -0.2) is 23.9 Å². The second kappa shape index (κ2) is 5.25. The van der Waals surface area contributed by atoms with E-state index in [1.54, 1.807) is 0 Å². The highest BCUT2D eigenvalue weighted by atomic mass is 35.5. The van der Waals surface area contributed by atoms with Gasteiger partial charge in [-0.25, -0.2) is 0 Å². The lowest BCUT2D eigenvalue weighted by Crippen LogP contribution is -2.41. The molecule has 1 aromatic carbocycles. The number of piperidine rings is 1. The standard InChI is InChI=1S/C14H17ClN4O/c15-12-14(18-11-4-2-1-3-10(11)17-12)19-7-5-9(6-8-19)13(16)20/h1-4,9,17-18H,5-8H2,(H2,16,20). The first-order valence-electron chi connectivity index (χ1n) is 6.72. The van der Waals surface area contributed by atoms with E-state index in [-0.39, 0.29) is 11.8 Å². The van der Waals surface area contributed by atoms with Gasteiger partial charge in [-0.05, 0) is 25.0 Å². The molecule has 1 fully saturated rings. The van der Waals surface area contributed by atoms with Crippen molar-refractivity contribution in [3.8, 4) is 0 Å². The lowest BCUT2D eigenvalue weighted by molar-refractivity contribution is -0.123. The van der Waals surface area contributed by atoms with E-state index in [0.717, 1.165) is 43.1 Å². The Morgan fingerprint density at radius 2 is 1.80 bits per heavy atom. The Balaban J connectivity index is 1.74. The summed E-state index contributed by atoms with van der Waals surface area (Å²) in [5, 5.41) is 7.13. The van der Waals surface area contributed by atoms with Crippen LogP contribution in [0.3, 0.4) is 0 Å². The number of para-hydroxylation sites is 2. The summed E-state index contributed by atoms with van der Waals surface area (Å²) in [6, 6.07) is 7.91. The predicted molar refractivity (Wildman–Crippen MR) is 80.1 cm³/mol. The van der Waals surface area contributed by atoms with Crippen molar-refractivity contribution in [2.45, 2.75) is 12.8 Å². The molecule has 2 aliphatic heterocycles. The normalized spacial score (nSPS) is 19.1. The number of nitrogens with one attached hydrogen (secondary N) is 2. The van der Waals surface area contributed by atoms with Crippen molar-refractivity contribution >= 4 is 28.9 Å². The first kappa shape index (κ1) is 13.1. The minimum atomic E-state index is -0.204. The lowest BCUT2D eigenvalue weighted by atomic mass is 9.96. The molecule has 0 aromatic heterocycles. The van der Waals surface area contributed by atoms with Gasteiger partial charge in [-0.3, -0.25) is 4.79 Å². The van der Waals surface area contributed by atoms with Crippen molar-refractivity contribution in [1.82, 2.24) is 4.90 Å². The topological polar surface area (TPSA) is 70.4 Å². The maximum absolute atomic E-state index is 11.2. The summed E-state index contributed by atoms with van der Waals surface area (Å²) in [5.74, 6) is 0.646. The molecule has 4 N–H and O–H groups in total. The van der Waals surface area contributed by atoms with Gasteiger partial charge in [-0.1, -0.05) is 23.7 Å². The van der Waals surface area contributed by atoms with Gasteiger partial charge in [-0.2, -0.15) is 0 Å². The van der Waals surface area contributed by atoms with E-state index in [4.69, 9.17) is 17.3 Å². The Morgan fingerprint density at radius 1 is 1.20 bits per heavy atom. The van der Waals surface area contributed by atoms with Gasteiger partial charge in [0, 0.05) is 19.0 Å². The van der Waals surface area contributed by atoms with Crippen LogP contribution in [0.25, 0.3) is 0 Å². The number of hydrogen-bond donors (Lipinski definition) is 3. The van der Waals surface area contributed by atoms with Gasteiger partial charge in [-0.15, -0.1) is 0 Å². The predicted octanol–water partition coefficient (Wildman–Crippen LogP) is 2.09. The van der Waals surface area contributed by atoms with Gasteiger partial charge in [0.1, 0.15) is 11.0 Å². The van der Waals surface area contributed by atoms with E-state index >= 15 is 0 Å². The number of hydrogen-bond acceptors (Lipinski definition) is 4. The molecule has 1 amide bonds. The molecule has 106 valence electrons. The van der Waals surface area contributed by atoms with Crippen LogP contribution in [0.4, 0.5) is 11.4 Å². The highest BCUT2D eigenvalue weighted by Crippen LogP contribution is 2.33. The van der Waals surface area contributed by atoms with Crippen molar-refractivity contribution < 1.29 is 4.79 Å². The number of anilines is 2. The second-order valence-electron chi connectivity index (χ2n) is 5.12. The van der Waals surface area contributed by atoms with Crippen LogP contribution in [0.1, 0.15) is 12.8 Å². The third-order valence-electron chi connectivity index (χ3n) is 3.85. The second-order valence-corrected chi connectivity index (χ2v) is 5.50. The summed E-state index contributed by atoms with van der Waals surface area (Å²) in [6.45, 7) is 1.55. The van der Waals surface area contributed by atoms with Gasteiger partial charge in [0.2, 0.25) is 5.91 Å². The zero-order chi connectivity index (χ0) is 14.1. The number of halogens is 1. The van der Waals surface area contributed by atoms with E-state index < -0.39 is 0 Å². The van der Waals surface area contributed by atoms with Gasteiger partial charge in [0.15, 0.2) is 0 Å². The Kier molecular flexibility index (Phi) is 3.44. The number of carbonyl (C=O) groups is 1. The maximum Gasteiger partial charge on any atom is 0.220 e. The Bertz CT molecular complexity index is 564. The van der Waals surface area contributed by atoms with E-state index in [0.29, 0.717) is 5.16 Å². The number of benzene rings is 1. The number of nitrogens with two attached hydrogens (primary N) is 1. The fourth-order valence-electron chi connectivity index (χ4n) is 2.67. The Morgan fingerprint density at radius 3 is 2.40 bits per heavy atom. The summed E-state index contributed by atoms with van der Waals surface area (Å²) in [4.78, 5) is 13.4. The van der Waals surface area contributed by atoms with Crippen LogP contribution in [0.2, 0.25) is 0 Å². The van der Waals surface area contributed by atoms with E-state index in [2.05, 4.69) is 15.5 Å². The molecule has 0 unspecified atom stereocenters. The molecule has 1 aromatic rings. The van der Waals surface area contributed by atoms with Crippen molar-refractivity contribution in [2.75, 3.05) is 23.7 Å². The van der Waals surface area contributed by atoms with Gasteiger partial charge in [0.25, 0.3) is 0 Å². The molecule has 2 heterocycles. The molecule has 0 bridgehead atoms. The van der Waals surface area contributed by atoms with E-state index in [1.807, 2.05) is 24.3 Å². The molecule has 2 aliphatic rings. The monoisotopic (exact) mass is 292 g/mol. The molecule has 5 nitrogen and oxygen atoms in total. The number of nitrogens with zero attached hydrogens (tertiary/aromatic N) is 1. The van der Waals surface area contributed by atoms with Gasteiger partial charge >= 0.3 is 0 Å². The van der Waals surface area contributed by atoms with Gasteiger partial charge < -0.3 is 21.3 Å².